The van der Waals surface area contributed by atoms with E-state index in [4.69, 9.17) is 4.98 Å². The number of likely N-dealkylation sites (N-methyl/N-ethyl adjacent to an activating group) is 1. The number of benzene rings is 1. The molecule has 0 spiro atoms. The van der Waals surface area contributed by atoms with Gasteiger partial charge in [0, 0.05) is 37.4 Å². The van der Waals surface area contributed by atoms with E-state index in [2.05, 4.69) is 61.0 Å². The van der Waals surface area contributed by atoms with E-state index >= 15 is 0 Å². The molecule has 1 aliphatic heterocycles. The third-order valence-electron chi connectivity index (χ3n) is 6.18. The van der Waals surface area contributed by atoms with Crippen molar-refractivity contribution < 1.29 is 0 Å². The first-order valence-electron chi connectivity index (χ1n) is 10.3. The molecule has 3 heteroatoms. The van der Waals surface area contributed by atoms with Gasteiger partial charge in [0.1, 0.15) is 0 Å². The Bertz CT molecular complexity index is 845. The van der Waals surface area contributed by atoms with Crippen molar-refractivity contribution in [3.8, 4) is 0 Å². The molecular weight excluding hydrogens is 330 g/mol. The maximum absolute atomic E-state index is 4.76. The van der Waals surface area contributed by atoms with Crippen LogP contribution >= 0.6 is 0 Å². The van der Waals surface area contributed by atoms with Gasteiger partial charge in [-0.1, -0.05) is 24.3 Å². The number of nitrogens with zero attached hydrogens (tertiary/aromatic N) is 3. The Hall–Kier alpha value is -2.13. The van der Waals surface area contributed by atoms with E-state index in [9.17, 15) is 0 Å². The largest absolute Gasteiger partial charge is 0.368 e. The van der Waals surface area contributed by atoms with E-state index in [-0.39, 0.29) is 0 Å². The standard InChI is InChI=1S/C24H31N3/c1-4-23(21-10-9-19-7-5-6-8-20(19)15-21)24-16-22(17-25-18(24)2)27-13-11-26(3)12-14-27/h4,9-10,15-17H,5-8,11-14H2,1-3H3/b23-4-. The molecule has 0 atom stereocenters. The van der Waals surface area contributed by atoms with Gasteiger partial charge in [0.15, 0.2) is 0 Å². The quantitative estimate of drug-likeness (QED) is 0.804. The lowest BCUT2D eigenvalue weighted by atomic mass is 9.87. The second-order valence-corrected chi connectivity index (χ2v) is 8.01. The third-order valence-corrected chi connectivity index (χ3v) is 6.18. The number of allylic oxidation sites excluding steroid dienone is 1. The first-order chi connectivity index (χ1) is 13.2. The second kappa shape index (κ2) is 7.85. The van der Waals surface area contributed by atoms with E-state index in [1.54, 1.807) is 11.1 Å². The van der Waals surface area contributed by atoms with Gasteiger partial charge in [0.05, 0.1) is 11.9 Å². The molecule has 0 saturated carbocycles. The molecule has 0 radical (unpaired) electrons. The first kappa shape index (κ1) is 18.2. The zero-order chi connectivity index (χ0) is 18.8. The smallest absolute Gasteiger partial charge is 0.0560 e. The van der Waals surface area contributed by atoms with Crippen LogP contribution in [-0.4, -0.2) is 43.1 Å². The molecule has 2 heterocycles. The number of hydrogen-bond donors (Lipinski definition) is 0. The van der Waals surface area contributed by atoms with Crippen molar-refractivity contribution in [2.75, 3.05) is 38.1 Å². The molecule has 27 heavy (non-hydrogen) atoms. The van der Waals surface area contributed by atoms with Crippen LogP contribution in [0.5, 0.6) is 0 Å². The van der Waals surface area contributed by atoms with Gasteiger partial charge in [-0.3, -0.25) is 4.98 Å². The molecule has 0 unspecified atom stereocenters. The molecule has 1 saturated heterocycles. The minimum atomic E-state index is 1.07. The lowest BCUT2D eigenvalue weighted by Crippen LogP contribution is -2.44. The summed E-state index contributed by atoms with van der Waals surface area (Å²) in [5, 5.41) is 0. The minimum Gasteiger partial charge on any atom is -0.368 e. The fraction of sp³-hybridized carbons (Fsp3) is 0.458. The summed E-state index contributed by atoms with van der Waals surface area (Å²) in [7, 11) is 2.20. The van der Waals surface area contributed by atoms with Crippen LogP contribution in [0.15, 0.2) is 36.5 Å². The molecule has 1 aliphatic carbocycles. The molecule has 3 nitrogen and oxygen atoms in total. The Labute approximate surface area is 163 Å². The molecule has 0 bridgehead atoms. The van der Waals surface area contributed by atoms with Crippen LogP contribution in [0.25, 0.3) is 5.57 Å². The number of aryl methyl sites for hydroxylation is 3. The summed E-state index contributed by atoms with van der Waals surface area (Å²) in [4.78, 5) is 9.62. The van der Waals surface area contributed by atoms with Crippen molar-refractivity contribution in [3.63, 3.8) is 0 Å². The average Bonchev–Trinajstić information content (AvgIpc) is 2.70. The summed E-state index contributed by atoms with van der Waals surface area (Å²) >= 11 is 0. The van der Waals surface area contributed by atoms with Gasteiger partial charge in [-0.2, -0.15) is 0 Å². The highest BCUT2D eigenvalue weighted by molar-refractivity contribution is 5.82. The van der Waals surface area contributed by atoms with Gasteiger partial charge in [0.2, 0.25) is 0 Å². The van der Waals surface area contributed by atoms with E-state index in [0.29, 0.717) is 0 Å². The lowest BCUT2D eigenvalue weighted by Gasteiger charge is -2.34. The predicted molar refractivity (Wildman–Crippen MR) is 115 cm³/mol. The maximum atomic E-state index is 4.76. The van der Waals surface area contributed by atoms with Crippen molar-refractivity contribution in [2.24, 2.45) is 0 Å². The first-order valence-corrected chi connectivity index (χ1v) is 10.3. The zero-order valence-corrected chi connectivity index (χ0v) is 17.0. The molecule has 0 N–H and O–H groups in total. The molecule has 0 amide bonds. The van der Waals surface area contributed by atoms with E-state index in [0.717, 1.165) is 31.9 Å². The second-order valence-electron chi connectivity index (χ2n) is 8.01. The van der Waals surface area contributed by atoms with Gasteiger partial charge in [-0.05, 0) is 74.9 Å². The van der Waals surface area contributed by atoms with Crippen molar-refractivity contribution >= 4 is 11.3 Å². The average molecular weight is 362 g/mol. The zero-order valence-electron chi connectivity index (χ0n) is 17.0. The summed E-state index contributed by atoms with van der Waals surface area (Å²) in [5.74, 6) is 0. The highest BCUT2D eigenvalue weighted by atomic mass is 15.2. The Balaban J connectivity index is 1.67. The SMILES string of the molecule is C/C=C(/c1ccc2c(c1)CCCC2)c1cc(N2CCN(C)CC2)cnc1C. The molecule has 1 aromatic heterocycles. The summed E-state index contributed by atoms with van der Waals surface area (Å²) < 4.78 is 0. The number of hydrogen-bond acceptors (Lipinski definition) is 3. The normalized spacial score (nSPS) is 18.5. The van der Waals surface area contributed by atoms with Crippen LogP contribution in [0.2, 0.25) is 0 Å². The summed E-state index contributed by atoms with van der Waals surface area (Å²) in [5.41, 5.74) is 9.35. The Morgan fingerprint density at radius 3 is 2.48 bits per heavy atom. The lowest BCUT2D eigenvalue weighted by molar-refractivity contribution is 0.313. The van der Waals surface area contributed by atoms with Crippen molar-refractivity contribution in [2.45, 2.75) is 39.5 Å². The Morgan fingerprint density at radius 2 is 1.74 bits per heavy atom. The van der Waals surface area contributed by atoms with Gasteiger partial charge in [-0.15, -0.1) is 0 Å². The van der Waals surface area contributed by atoms with Crippen molar-refractivity contribution in [1.29, 1.82) is 0 Å². The van der Waals surface area contributed by atoms with Crippen molar-refractivity contribution in [3.05, 3.63) is 64.5 Å². The number of aromatic nitrogens is 1. The Morgan fingerprint density at radius 1 is 1.00 bits per heavy atom. The molecular formula is C24H31N3. The van der Waals surface area contributed by atoms with Crippen LogP contribution in [-0.2, 0) is 12.8 Å². The fourth-order valence-electron chi connectivity index (χ4n) is 4.41. The fourth-order valence-corrected chi connectivity index (χ4v) is 4.41. The third kappa shape index (κ3) is 3.79. The van der Waals surface area contributed by atoms with Gasteiger partial charge < -0.3 is 9.80 Å². The van der Waals surface area contributed by atoms with Crippen LogP contribution in [0, 0.1) is 6.92 Å². The number of rotatable bonds is 3. The summed E-state index contributed by atoms with van der Waals surface area (Å²) in [6.45, 7) is 8.66. The summed E-state index contributed by atoms with van der Waals surface area (Å²) in [6, 6.07) is 9.43. The molecule has 2 aliphatic rings. The van der Waals surface area contributed by atoms with Gasteiger partial charge >= 0.3 is 0 Å². The number of piperazine rings is 1. The van der Waals surface area contributed by atoms with E-state index < -0.39 is 0 Å². The van der Waals surface area contributed by atoms with E-state index in [1.807, 2.05) is 6.20 Å². The van der Waals surface area contributed by atoms with E-state index in [1.165, 1.54) is 48.1 Å². The molecule has 1 aromatic carbocycles. The molecule has 1 fully saturated rings. The molecule has 142 valence electrons. The number of fused-ring (bicyclic) bond motifs is 1. The molecule has 4 rings (SSSR count). The highest BCUT2D eigenvalue weighted by Crippen LogP contribution is 2.31. The maximum Gasteiger partial charge on any atom is 0.0560 e. The number of pyridine rings is 1. The summed E-state index contributed by atoms with van der Waals surface area (Å²) in [6.07, 6.45) is 9.41. The van der Waals surface area contributed by atoms with Crippen molar-refractivity contribution in [1.82, 2.24) is 9.88 Å². The Kier molecular flexibility index (Phi) is 5.31. The number of anilines is 1. The highest BCUT2D eigenvalue weighted by Gasteiger charge is 2.18. The van der Waals surface area contributed by atoms with Gasteiger partial charge in [0.25, 0.3) is 0 Å². The van der Waals surface area contributed by atoms with Crippen LogP contribution in [0.3, 0.4) is 0 Å². The topological polar surface area (TPSA) is 19.4 Å². The van der Waals surface area contributed by atoms with Gasteiger partial charge in [-0.25, -0.2) is 0 Å². The monoisotopic (exact) mass is 361 g/mol. The van der Waals surface area contributed by atoms with Crippen LogP contribution in [0.4, 0.5) is 5.69 Å². The molecule has 2 aromatic rings. The van der Waals surface area contributed by atoms with Crippen LogP contribution < -0.4 is 4.90 Å². The minimum absolute atomic E-state index is 1.07. The predicted octanol–water partition coefficient (Wildman–Crippen LogP) is 4.47. The van der Waals surface area contributed by atoms with Crippen LogP contribution in [0.1, 0.15) is 47.7 Å².